The molecule has 1 aromatic carbocycles. The van der Waals surface area contributed by atoms with Gasteiger partial charge in [0.05, 0.1) is 24.2 Å². The first kappa shape index (κ1) is 22.1. The molecule has 5 nitrogen and oxygen atoms in total. The van der Waals surface area contributed by atoms with Crippen LogP contribution in [-0.2, 0) is 20.5 Å². The molecule has 0 atom stereocenters. The van der Waals surface area contributed by atoms with Crippen molar-refractivity contribution < 1.29 is 27.3 Å². The quantitative estimate of drug-likeness (QED) is 0.712. The largest absolute Gasteiger partial charge is 0.494 e. The SMILES string of the molecule is CC1(C)OB(c2ccc(CC(=O)N3CCN(CC(F)(F)F)CC3)cc2)OC1(C)C. The van der Waals surface area contributed by atoms with Crippen LogP contribution in [0.3, 0.4) is 0 Å². The lowest BCUT2D eigenvalue weighted by molar-refractivity contribution is -0.151. The van der Waals surface area contributed by atoms with Crippen LogP contribution in [0.2, 0.25) is 0 Å². The first-order chi connectivity index (χ1) is 13.4. The van der Waals surface area contributed by atoms with Crippen molar-refractivity contribution in [3.63, 3.8) is 0 Å². The minimum absolute atomic E-state index is 0.0694. The molecule has 0 spiro atoms. The van der Waals surface area contributed by atoms with Crippen LogP contribution in [0.1, 0.15) is 33.3 Å². The number of amides is 1. The van der Waals surface area contributed by atoms with E-state index in [1.807, 2.05) is 52.0 Å². The zero-order chi connectivity index (χ0) is 21.4. The Balaban J connectivity index is 1.52. The van der Waals surface area contributed by atoms with Gasteiger partial charge in [-0.2, -0.15) is 13.2 Å². The van der Waals surface area contributed by atoms with Gasteiger partial charge >= 0.3 is 13.3 Å². The number of benzene rings is 1. The Morgan fingerprint density at radius 2 is 1.52 bits per heavy atom. The Labute approximate surface area is 170 Å². The third-order valence-electron chi connectivity index (χ3n) is 5.99. The van der Waals surface area contributed by atoms with Crippen LogP contribution in [0, 0.1) is 0 Å². The number of hydrogen-bond donors (Lipinski definition) is 0. The van der Waals surface area contributed by atoms with Gasteiger partial charge in [0.15, 0.2) is 0 Å². The summed E-state index contributed by atoms with van der Waals surface area (Å²) in [5.41, 5.74) is 0.912. The van der Waals surface area contributed by atoms with Gasteiger partial charge in [-0.05, 0) is 38.7 Å². The second kappa shape index (κ2) is 7.93. The van der Waals surface area contributed by atoms with E-state index in [9.17, 15) is 18.0 Å². The van der Waals surface area contributed by atoms with Gasteiger partial charge in [0.2, 0.25) is 5.91 Å². The fourth-order valence-corrected chi connectivity index (χ4v) is 3.47. The molecule has 2 aliphatic rings. The molecular weight excluding hydrogens is 384 g/mol. The van der Waals surface area contributed by atoms with Crippen LogP contribution in [0.5, 0.6) is 0 Å². The lowest BCUT2D eigenvalue weighted by Crippen LogP contribution is -2.51. The second-order valence-electron chi connectivity index (χ2n) is 8.78. The van der Waals surface area contributed by atoms with Gasteiger partial charge in [-0.1, -0.05) is 24.3 Å². The Kier molecular flexibility index (Phi) is 6.04. The molecule has 160 valence electrons. The van der Waals surface area contributed by atoms with Crippen molar-refractivity contribution >= 4 is 18.5 Å². The van der Waals surface area contributed by atoms with E-state index in [1.165, 1.54) is 4.90 Å². The van der Waals surface area contributed by atoms with Gasteiger partial charge in [-0.25, -0.2) is 0 Å². The summed E-state index contributed by atoms with van der Waals surface area (Å²) < 4.78 is 49.5. The van der Waals surface area contributed by atoms with Crippen molar-refractivity contribution in [1.82, 2.24) is 9.80 Å². The van der Waals surface area contributed by atoms with Gasteiger partial charge in [0.25, 0.3) is 0 Å². The van der Waals surface area contributed by atoms with E-state index >= 15 is 0 Å². The zero-order valence-corrected chi connectivity index (χ0v) is 17.4. The Bertz CT molecular complexity index is 713. The standard InChI is InChI=1S/C20H28BF3N2O3/c1-18(2)19(3,4)29-21(28-18)16-7-5-15(6-8-16)13-17(27)26-11-9-25(10-12-26)14-20(22,23)24/h5-8H,9-14H2,1-4H3. The molecule has 0 saturated carbocycles. The lowest BCUT2D eigenvalue weighted by Gasteiger charge is -2.35. The van der Waals surface area contributed by atoms with Crippen molar-refractivity contribution in [2.75, 3.05) is 32.7 Å². The molecular formula is C20H28BF3N2O3. The molecule has 9 heteroatoms. The molecule has 2 aliphatic heterocycles. The minimum Gasteiger partial charge on any atom is -0.399 e. The van der Waals surface area contributed by atoms with Gasteiger partial charge in [0.1, 0.15) is 0 Å². The van der Waals surface area contributed by atoms with Crippen LogP contribution in [-0.4, -0.2) is 72.9 Å². The van der Waals surface area contributed by atoms with Crippen LogP contribution < -0.4 is 5.46 Å². The van der Waals surface area contributed by atoms with Crippen molar-refractivity contribution in [3.05, 3.63) is 29.8 Å². The highest BCUT2D eigenvalue weighted by Crippen LogP contribution is 2.36. The molecule has 2 heterocycles. The third-order valence-corrected chi connectivity index (χ3v) is 5.99. The summed E-state index contributed by atoms with van der Waals surface area (Å²) in [4.78, 5) is 15.5. The summed E-state index contributed by atoms with van der Waals surface area (Å²) in [5.74, 6) is -0.0694. The van der Waals surface area contributed by atoms with E-state index in [-0.39, 0.29) is 25.4 Å². The monoisotopic (exact) mass is 412 g/mol. The molecule has 2 saturated heterocycles. The predicted octanol–water partition coefficient (Wildman–Crippen LogP) is 2.23. The van der Waals surface area contributed by atoms with Crippen LogP contribution in [0.4, 0.5) is 13.2 Å². The zero-order valence-electron chi connectivity index (χ0n) is 17.4. The van der Waals surface area contributed by atoms with E-state index < -0.39 is 31.0 Å². The lowest BCUT2D eigenvalue weighted by atomic mass is 9.79. The normalized spacial score (nSPS) is 22.2. The maximum atomic E-state index is 12.5. The number of rotatable bonds is 4. The molecule has 1 aromatic rings. The summed E-state index contributed by atoms with van der Waals surface area (Å²) in [7, 11) is -0.452. The van der Waals surface area contributed by atoms with Gasteiger partial charge < -0.3 is 14.2 Å². The fraction of sp³-hybridized carbons (Fsp3) is 0.650. The maximum absolute atomic E-state index is 12.5. The number of halogens is 3. The van der Waals surface area contributed by atoms with E-state index in [1.54, 1.807) is 4.90 Å². The first-order valence-electron chi connectivity index (χ1n) is 9.88. The smallest absolute Gasteiger partial charge is 0.399 e. The summed E-state index contributed by atoms with van der Waals surface area (Å²) in [6.07, 6.45) is -3.98. The molecule has 2 fully saturated rings. The van der Waals surface area contributed by atoms with Crippen LogP contribution in [0.25, 0.3) is 0 Å². The average Bonchev–Trinajstić information content (AvgIpc) is 2.82. The summed E-state index contributed by atoms with van der Waals surface area (Å²) in [6, 6.07) is 7.54. The summed E-state index contributed by atoms with van der Waals surface area (Å²) >= 11 is 0. The van der Waals surface area contributed by atoms with Crippen LogP contribution >= 0.6 is 0 Å². The average molecular weight is 412 g/mol. The molecule has 0 aromatic heterocycles. The van der Waals surface area contributed by atoms with Gasteiger partial charge in [-0.15, -0.1) is 0 Å². The van der Waals surface area contributed by atoms with Gasteiger partial charge in [-0.3, -0.25) is 9.69 Å². The number of piperazine rings is 1. The molecule has 1 amide bonds. The Morgan fingerprint density at radius 3 is 2.00 bits per heavy atom. The van der Waals surface area contributed by atoms with Crippen molar-refractivity contribution in [2.24, 2.45) is 0 Å². The third kappa shape index (κ3) is 5.32. The highest BCUT2D eigenvalue weighted by molar-refractivity contribution is 6.62. The molecule has 0 unspecified atom stereocenters. The van der Waals surface area contributed by atoms with Crippen molar-refractivity contribution in [1.29, 1.82) is 0 Å². The summed E-state index contributed by atoms with van der Waals surface area (Å²) in [6.45, 7) is 8.18. The molecule has 29 heavy (non-hydrogen) atoms. The number of alkyl halides is 3. The van der Waals surface area contributed by atoms with Gasteiger partial charge in [0, 0.05) is 26.2 Å². The highest BCUT2D eigenvalue weighted by Gasteiger charge is 2.51. The maximum Gasteiger partial charge on any atom is 0.494 e. The van der Waals surface area contributed by atoms with Crippen molar-refractivity contribution in [3.8, 4) is 0 Å². The topological polar surface area (TPSA) is 42.0 Å². The number of nitrogens with zero attached hydrogens (tertiary/aromatic N) is 2. The predicted molar refractivity (Wildman–Crippen MR) is 105 cm³/mol. The fourth-order valence-electron chi connectivity index (χ4n) is 3.47. The molecule has 0 radical (unpaired) electrons. The number of carbonyl (C=O) groups excluding carboxylic acids is 1. The molecule has 0 N–H and O–H groups in total. The molecule has 0 aliphatic carbocycles. The van der Waals surface area contributed by atoms with E-state index in [0.29, 0.717) is 13.1 Å². The molecule has 0 bridgehead atoms. The van der Waals surface area contributed by atoms with Crippen LogP contribution in [0.15, 0.2) is 24.3 Å². The van der Waals surface area contributed by atoms with E-state index in [4.69, 9.17) is 9.31 Å². The first-order valence-corrected chi connectivity index (χ1v) is 9.88. The number of hydrogen-bond acceptors (Lipinski definition) is 4. The van der Waals surface area contributed by atoms with E-state index in [2.05, 4.69) is 0 Å². The van der Waals surface area contributed by atoms with Crippen molar-refractivity contribution in [2.45, 2.75) is 51.5 Å². The molecule has 3 rings (SSSR count). The van der Waals surface area contributed by atoms with E-state index in [0.717, 1.165) is 11.0 Å². The second-order valence-corrected chi connectivity index (χ2v) is 8.78. The Morgan fingerprint density at radius 1 is 1.00 bits per heavy atom. The highest BCUT2D eigenvalue weighted by atomic mass is 19.4. The Hall–Kier alpha value is -1.58. The minimum atomic E-state index is -4.20. The summed E-state index contributed by atoms with van der Waals surface area (Å²) in [5, 5.41) is 0. The number of carbonyl (C=O) groups is 1.